The Labute approximate surface area is 587 Å². The fourth-order valence-corrected chi connectivity index (χ4v) is 16.3. The van der Waals surface area contributed by atoms with Crippen LogP contribution in [-0.2, 0) is 46.7 Å². The second-order valence-corrected chi connectivity index (χ2v) is 26.3. The molecular formula is C78H51N18O6S+5. The zero-order chi connectivity index (χ0) is 70.2. The minimum Gasteiger partial charge on any atom is -0.401 e. The highest BCUT2D eigenvalue weighted by Gasteiger charge is 2.43. The van der Waals surface area contributed by atoms with Crippen molar-refractivity contribution in [2.24, 2.45) is 14.0 Å². The highest BCUT2D eigenvalue weighted by molar-refractivity contribution is 7.24. The van der Waals surface area contributed by atoms with Crippen LogP contribution in [0.2, 0.25) is 0 Å². The number of aryl methyl sites for hydroxylation is 2. The molecule has 21 aromatic rings. The molecule has 0 N–H and O–H groups in total. The van der Waals surface area contributed by atoms with Gasteiger partial charge in [0.25, 0.3) is 44.1 Å². The standard InChI is InChI=1S/C20H13N4O.2C15H11N4O.C14H8N3O2.C14H8N3OS/c1-2-6-13(7-3-1)24-18-15(9-5-11-22-18)17-20(24)25-19-14-8-4-10-21-16(14)12-23(17)19;2*1-18-13-10(5-3-7-17-13)12-15(18)20-14-9-4-2-6-16-11(9)8-19(12)14;1-3-8-10(15-5-1)7-17-11-9-4-2-6-16-12(9)18-14(11)19-13(8)17;1-3-8-10(15-5-1)7-17-11-9-4-2-6-16-12(9)19-14(11)18-13(8)17/h1-11H,12H2;2*2-7H,8H2,1H3;2*1-6H,7H2/q5*+1/i;1D3;;;. The molecule has 103 heavy (non-hydrogen) atoms. The van der Waals surface area contributed by atoms with Crippen molar-refractivity contribution in [3.05, 3.63) is 242 Å². The van der Waals surface area contributed by atoms with E-state index in [4.69, 9.17) is 30.6 Å². The van der Waals surface area contributed by atoms with Crippen molar-refractivity contribution < 1.29 is 53.5 Å². The lowest BCUT2D eigenvalue weighted by atomic mass is 10.2. The van der Waals surface area contributed by atoms with Crippen LogP contribution in [0.1, 0.15) is 32.6 Å². The van der Waals surface area contributed by atoms with Gasteiger partial charge < -0.3 is 26.5 Å². The molecule has 0 saturated heterocycles. The van der Waals surface area contributed by atoms with E-state index in [1.807, 2.05) is 150 Å². The fourth-order valence-electron chi connectivity index (χ4n) is 15.3. The molecule has 0 saturated carbocycles. The average Bonchev–Trinajstić information content (AvgIpc) is 1.57. The molecule has 1 aromatic carbocycles. The molecular weight excluding hydrogens is 1320 g/mol. The van der Waals surface area contributed by atoms with Gasteiger partial charge in [0.05, 0.1) is 27.2 Å². The SMILES string of the molecule is Cn1c2ncccc2c2c1oc1[n+]2Cc2ncccc2-1.[2H]C([2H])([2H])n1c2ncccc2c2c1oc1[n+]2Cc2ncccc2-1.c1ccc(-n2c3ncccc3c3c2oc2[n+]3Cc3ncccc3-2)cc1.c1cnc2c(c1)-c1oc3oc4ncccc4c3[n+]1C2.c1cnc2c(c1)-c1oc3sc4ncccc4c3[n+]1C2. The Morgan fingerprint density at radius 2 is 0.728 bits per heavy atom. The van der Waals surface area contributed by atoms with Crippen LogP contribution in [0.4, 0.5) is 0 Å². The van der Waals surface area contributed by atoms with Gasteiger partial charge in [-0.2, -0.15) is 0 Å². The van der Waals surface area contributed by atoms with E-state index in [0.29, 0.717) is 41.8 Å². The molecule has 26 rings (SSSR count). The van der Waals surface area contributed by atoms with Crippen LogP contribution in [0.15, 0.2) is 240 Å². The predicted octanol–water partition coefficient (Wildman–Crippen LogP) is 12.6. The minimum atomic E-state index is -2.36. The van der Waals surface area contributed by atoms with E-state index >= 15 is 0 Å². The Kier molecular flexibility index (Phi) is 11.5. The number of pyridine rings is 10. The molecule has 0 fully saturated rings. The zero-order valence-electron chi connectivity index (χ0n) is 57.2. The van der Waals surface area contributed by atoms with E-state index in [1.165, 1.54) is 4.57 Å². The largest absolute Gasteiger partial charge is 0.401 e. The third-order valence-electron chi connectivity index (χ3n) is 19.7. The Morgan fingerprint density at radius 3 is 1.26 bits per heavy atom. The predicted molar refractivity (Wildman–Crippen MR) is 378 cm³/mol. The summed E-state index contributed by atoms with van der Waals surface area (Å²) in [7, 11) is 1.99. The monoisotopic (exact) mass is 1370 g/mol. The van der Waals surface area contributed by atoms with Crippen LogP contribution < -0.4 is 22.8 Å². The summed E-state index contributed by atoms with van der Waals surface area (Å²) in [5, 5.41) is 5.10. The van der Waals surface area contributed by atoms with Crippen LogP contribution >= 0.6 is 11.3 Å². The first-order valence-electron chi connectivity index (χ1n) is 34.7. The molecule has 0 radical (unpaired) electrons. The lowest BCUT2D eigenvalue weighted by Crippen LogP contribution is -2.30. The van der Waals surface area contributed by atoms with Crippen molar-refractivity contribution in [1.82, 2.24) is 63.5 Å². The summed E-state index contributed by atoms with van der Waals surface area (Å²) < 4.78 is 75.4. The van der Waals surface area contributed by atoms with Crippen LogP contribution in [0, 0.1) is 0 Å². The topological polar surface area (TPSA) is 242 Å². The number of fused-ring (bicyclic) bond motifs is 35. The molecule has 490 valence electrons. The maximum absolute atomic E-state index is 7.83. The van der Waals surface area contributed by atoms with Gasteiger partial charge >= 0.3 is 40.8 Å². The third-order valence-corrected chi connectivity index (χ3v) is 20.7. The number of hydrogen-bond acceptors (Lipinski definition) is 17. The molecule has 0 spiro atoms. The van der Waals surface area contributed by atoms with Gasteiger partial charge in [0.1, 0.15) is 77.8 Å². The van der Waals surface area contributed by atoms with E-state index < -0.39 is 6.98 Å². The number of thiophene rings is 1. The van der Waals surface area contributed by atoms with E-state index in [2.05, 4.69) is 121 Å². The van der Waals surface area contributed by atoms with Crippen molar-refractivity contribution in [2.45, 2.75) is 32.7 Å². The summed E-state index contributed by atoms with van der Waals surface area (Å²) >= 11 is 1.60. The van der Waals surface area contributed by atoms with Crippen LogP contribution in [-0.4, -0.2) is 63.5 Å². The maximum atomic E-state index is 7.83. The summed E-state index contributed by atoms with van der Waals surface area (Å²) in [5.74, 6) is 4.64. The maximum Gasteiger partial charge on any atom is 0.386 e. The fraction of sp³-hybridized carbons (Fsp3) is 0.0897. The summed E-state index contributed by atoms with van der Waals surface area (Å²) in [4.78, 5) is 46.0. The van der Waals surface area contributed by atoms with Gasteiger partial charge in [-0.05, 0) is 133 Å². The smallest absolute Gasteiger partial charge is 0.386 e. The number of aromatic nitrogens is 18. The Morgan fingerprint density at radius 1 is 0.340 bits per heavy atom. The van der Waals surface area contributed by atoms with Gasteiger partial charge in [-0.25, -0.2) is 24.9 Å². The molecule has 0 unspecified atom stereocenters. The number of oxazole rings is 5. The van der Waals surface area contributed by atoms with Crippen molar-refractivity contribution in [2.75, 3.05) is 0 Å². The highest BCUT2D eigenvalue weighted by Crippen LogP contribution is 2.41. The number of nitrogens with zero attached hydrogens (tertiary/aromatic N) is 18. The molecule has 24 nitrogen and oxygen atoms in total. The highest BCUT2D eigenvalue weighted by atomic mass is 32.1. The average molecular weight is 1370 g/mol. The van der Waals surface area contributed by atoms with Gasteiger partial charge in [-0.15, -0.1) is 22.8 Å². The van der Waals surface area contributed by atoms with E-state index in [-0.39, 0.29) is 0 Å². The quantitative estimate of drug-likeness (QED) is 0.139. The van der Waals surface area contributed by atoms with Gasteiger partial charge in [0.2, 0.25) is 5.71 Å². The van der Waals surface area contributed by atoms with Gasteiger partial charge in [0, 0.05) is 80.1 Å². The second-order valence-electron chi connectivity index (χ2n) is 25.3. The van der Waals surface area contributed by atoms with Crippen molar-refractivity contribution in [1.29, 1.82) is 0 Å². The number of furan rings is 1. The minimum absolute atomic E-state index is 0.322. The molecule has 0 amide bonds. The van der Waals surface area contributed by atoms with Crippen LogP contribution in [0.25, 0.3) is 173 Å². The Bertz CT molecular complexity index is 7100. The molecule has 25 heterocycles. The number of hydrogen-bond donors (Lipinski definition) is 0. The molecule has 25 heteroatoms. The molecule has 0 atom stereocenters. The van der Waals surface area contributed by atoms with Gasteiger partial charge in [-0.1, -0.05) is 29.5 Å². The Hall–Kier alpha value is -13.8. The van der Waals surface area contributed by atoms with E-state index in [0.717, 1.165) is 192 Å². The van der Waals surface area contributed by atoms with Crippen LogP contribution in [0.5, 0.6) is 0 Å². The summed E-state index contributed by atoms with van der Waals surface area (Å²) in [6.45, 7) is 1.17. The van der Waals surface area contributed by atoms with Crippen molar-refractivity contribution in [3.8, 4) is 63.0 Å². The number of para-hydroxylation sites is 1. The lowest BCUT2D eigenvalue weighted by molar-refractivity contribution is -0.649. The number of benzene rings is 1. The van der Waals surface area contributed by atoms with E-state index in [1.54, 1.807) is 42.2 Å². The van der Waals surface area contributed by atoms with Gasteiger partial charge in [-0.3, -0.25) is 38.6 Å². The summed E-state index contributed by atoms with van der Waals surface area (Å²) in [5.41, 5.74) is 21.2. The molecule has 0 aliphatic carbocycles. The number of rotatable bonds is 1. The summed E-state index contributed by atoms with van der Waals surface area (Å²) in [6, 6.07) is 49.7. The zero-order valence-corrected chi connectivity index (χ0v) is 55.0. The molecule has 20 aromatic heterocycles. The molecule has 0 bridgehead atoms. The first-order chi connectivity index (χ1) is 52.1. The van der Waals surface area contributed by atoms with Gasteiger partial charge in [0.15, 0.2) is 38.4 Å². The first-order valence-corrected chi connectivity index (χ1v) is 34.0. The first kappa shape index (κ1) is 54.1. The van der Waals surface area contributed by atoms with Crippen molar-refractivity contribution >= 4 is 121 Å². The summed E-state index contributed by atoms with van der Waals surface area (Å²) in [6.07, 6.45) is 17.8. The lowest BCUT2D eigenvalue weighted by Gasteiger charge is -2.03. The molecule has 5 aliphatic heterocycles. The Balaban J connectivity index is 0.0000000830. The normalized spacial score (nSPS) is 13.5. The van der Waals surface area contributed by atoms with E-state index in [9.17, 15) is 0 Å². The second kappa shape index (κ2) is 21.8. The van der Waals surface area contributed by atoms with Crippen molar-refractivity contribution in [3.63, 3.8) is 0 Å². The van der Waals surface area contributed by atoms with Crippen LogP contribution in [0.3, 0.4) is 0 Å². The molecule has 5 aliphatic rings. The third kappa shape index (κ3) is 8.35.